The van der Waals surface area contributed by atoms with Crippen LogP contribution in [0.4, 0.5) is 5.95 Å². The summed E-state index contributed by atoms with van der Waals surface area (Å²) in [5, 5.41) is 14.3. The average molecular weight is 260 g/mol. The van der Waals surface area contributed by atoms with E-state index in [-0.39, 0.29) is 0 Å². The van der Waals surface area contributed by atoms with Gasteiger partial charge in [0.25, 0.3) is 0 Å². The van der Waals surface area contributed by atoms with E-state index in [0.29, 0.717) is 18.1 Å². The summed E-state index contributed by atoms with van der Waals surface area (Å²) in [5.74, 6) is 0.525. The van der Waals surface area contributed by atoms with Crippen LogP contribution in [0.2, 0.25) is 0 Å². The van der Waals surface area contributed by atoms with Crippen LogP contribution in [-0.2, 0) is 6.54 Å². The third-order valence-corrected chi connectivity index (χ3v) is 3.05. The first-order valence-corrected chi connectivity index (χ1v) is 6.29. The second-order valence-electron chi connectivity index (χ2n) is 4.44. The van der Waals surface area contributed by atoms with Gasteiger partial charge in [-0.1, -0.05) is 36.4 Å². The van der Waals surface area contributed by atoms with Crippen molar-refractivity contribution >= 4 is 16.7 Å². The number of aromatic nitrogens is 2. The number of fused-ring (bicyclic) bond motifs is 1. The van der Waals surface area contributed by atoms with Gasteiger partial charge in [-0.3, -0.25) is 0 Å². The molecule has 0 aliphatic heterocycles. The maximum Gasteiger partial charge on any atom is 0.222 e. The highest BCUT2D eigenvalue weighted by Crippen LogP contribution is 2.16. The van der Waals surface area contributed by atoms with Gasteiger partial charge in [-0.2, -0.15) is 5.26 Å². The SMILES string of the molecule is N#Cc1cnc(NCc2ccc3ccccc3c2)nc1. The molecule has 20 heavy (non-hydrogen) atoms. The zero-order chi connectivity index (χ0) is 13.8. The number of hydrogen-bond donors (Lipinski definition) is 1. The van der Waals surface area contributed by atoms with E-state index in [4.69, 9.17) is 5.26 Å². The van der Waals surface area contributed by atoms with Crippen molar-refractivity contribution < 1.29 is 0 Å². The maximum atomic E-state index is 8.69. The summed E-state index contributed by atoms with van der Waals surface area (Å²) < 4.78 is 0. The van der Waals surface area contributed by atoms with Crippen LogP contribution in [0.5, 0.6) is 0 Å². The van der Waals surface area contributed by atoms with Gasteiger partial charge >= 0.3 is 0 Å². The summed E-state index contributed by atoms with van der Waals surface area (Å²) in [7, 11) is 0. The minimum atomic E-state index is 0.459. The number of nitrogens with zero attached hydrogens (tertiary/aromatic N) is 3. The molecular formula is C16H12N4. The minimum absolute atomic E-state index is 0.459. The monoisotopic (exact) mass is 260 g/mol. The first-order valence-electron chi connectivity index (χ1n) is 6.29. The average Bonchev–Trinajstić information content (AvgIpc) is 2.53. The molecule has 0 aliphatic carbocycles. The fourth-order valence-electron chi connectivity index (χ4n) is 2.01. The Hall–Kier alpha value is -2.93. The molecule has 0 bridgehead atoms. The number of rotatable bonds is 3. The first kappa shape index (κ1) is 12.1. The summed E-state index contributed by atoms with van der Waals surface area (Å²) in [6.45, 7) is 0.650. The van der Waals surface area contributed by atoms with Crippen molar-refractivity contribution in [2.75, 3.05) is 5.32 Å². The van der Waals surface area contributed by atoms with Gasteiger partial charge in [0.1, 0.15) is 6.07 Å². The molecule has 4 nitrogen and oxygen atoms in total. The lowest BCUT2D eigenvalue weighted by atomic mass is 10.1. The second-order valence-corrected chi connectivity index (χ2v) is 4.44. The largest absolute Gasteiger partial charge is 0.350 e. The molecule has 2 aromatic carbocycles. The van der Waals surface area contributed by atoms with Gasteiger partial charge in [-0.25, -0.2) is 9.97 Å². The van der Waals surface area contributed by atoms with Crippen molar-refractivity contribution in [2.24, 2.45) is 0 Å². The molecule has 0 atom stereocenters. The zero-order valence-electron chi connectivity index (χ0n) is 10.7. The molecule has 1 N–H and O–H groups in total. The summed E-state index contributed by atoms with van der Waals surface area (Å²) in [4.78, 5) is 8.16. The van der Waals surface area contributed by atoms with Gasteiger partial charge in [-0.05, 0) is 22.4 Å². The van der Waals surface area contributed by atoms with Crippen LogP contribution in [0.15, 0.2) is 54.9 Å². The summed E-state index contributed by atoms with van der Waals surface area (Å²) in [6.07, 6.45) is 3.02. The van der Waals surface area contributed by atoms with Gasteiger partial charge in [0.15, 0.2) is 0 Å². The second kappa shape index (κ2) is 5.37. The molecule has 96 valence electrons. The molecule has 0 saturated carbocycles. The van der Waals surface area contributed by atoms with Crippen molar-refractivity contribution in [2.45, 2.75) is 6.54 Å². The summed E-state index contributed by atoms with van der Waals surface area (Å²) in [6, 6.07) is 16.6. The zero-order valence-corrected chi connectivity index (χ0v) is 10.7. The van der Waals surface area contributed by atoms with Crippen molar-refractivity contribution in [3.63, 3.8) is 0 Å². The normalized spacial score (nSPS) is 10.2. The maximum absolute atomic E-state index is 8.69. The van der Waals surface area contributed by atoms with E-state index < -0.39 is 0 Å². The van der Waals surface area contributed by atoms with Crippen molar-refractivity contribution in [3.05, 3.63) is 66.0 Å². The predicted molar refractivity (Wildman–Crippen MR) is 78.0 cm³/mol. The predicted octanol–water partition coefficient (Wildman–Crippen LogP) is 3.11. The molecule has 0 unspecified atom stereocenters. The smallest absolute Gasteiger partial charge is 0.222 e. The molecule has 0 spiro atoms. The Morgan fingerprint density at radius 2 is 1.75 bits per heavy atom. The third-order valence-electron chi connectivity index (χ3n) is 3.05. The molecule has 4 heteroatoms. The van der Waals surface area contributed by atoms with Crippen LogP contribution >= 0.6 is 0 Å². The van der Waals surface area contributed by atoms with Crippen molar-refractivity contribution in [3.8, 4) is 6.07 Å². The molecule has 1 heterocycles. The molecule has 0 radical (unpaired) electrons. The van der Waals surface area contributed by atoms with E-state index in [0.717, 1.165) is 5.56 Å². The molecule has 3 rings (SSSR count). The van der Waals surface area contributed by atoms with E-state index in [1.807, 2.05) is 18.2 Å². The van der Waals surface area contributed by atoms with Crippen LogP contribution in [0.1, 0.15) is 11.1 Å². The van der Waals surface area contributed by atoms with Gasteiger partial charge < -0.3 is 5.32 Å². The quantitative estimate of drug-likeness (QED) is 0.786. The fourth-order valence-corrected chi connectivity index (χ4v) is 2.01. The van der Waals surface area contributed by atoms with Crippen LogP contribution in [0.25, 0.3) is 10.8 Å². The number of anilines is 1. The van der Waals surface area contributed by atoms with E-state index in [1.165, 1.54) is 23.2 Å². The van der Waals surface area contributed by atoms with Gasteiger partial charge in [0.2, 0.25) is 5.95 Å². The van der Waals surface area contributed by atoms with E-state index in [9.17, 15) is 0 Å². The molecule has 0 fully saturated rings. The number of hydrogen-bond acceptors (Lipinski definition) is 4. The lowest BCUT2D eigenvalue weighted by molar-refractivity contribution is 1.05. The lowest BCUT2D eigenvalue weighted by Gasteiger charge is -2.06. The Bertz CT molecular complexity index is 772. The van der Waals surface area contributed by atoms with Crippen LogP contribution in [-0.4, -0.2) is 9.97 Å². The topological polar surface area (TPSA) is 61.6 Å². The summed E-state index contributed by atoms with van der Waals surface area (Å²) in [5.41, 5.74) is 1.62. The molecular weight excluding hydrogens is 248 g/mol. The van der Waals surface area contributed by atoms with E-state index in [1.54, 1.807) is 0 Å². The highest BCUT2D eigenvalue weighted by Gasteiger charge is 1.99. The standard InChI is InChI=1S/C16H12N4/c17-8-13-10-19-16(20-11-13)18-9-12-5-6-14-3-1-2-4-15(14)7-12/h1-7,10-11H,9H2,(H,18,19,20). The Balaban J connectivity index is 1.74. The van der Waals surface area contributed by atoms with Crippen LogP contribution in [0, 0.1) is 11.3 Å². The highest BCUT2D eigenvalue weighted by atomic mass is 15.1. The van der Waals surface area contributed by atoms with E-state index >= 15 is 0 Å². The van der Waals surface area contributed by atoms with Crippen molar-refractivity contribution in [1.29, 1.82) is 5.26 Å². The van der Waals surface area contributed by atoms with Crippen LogP contribution < -0.4 is 5.32 Å². The Morgan fingerprint density at radius 1 is 1.00 bits per heavy atom. The lowest BCUT2D eigenvalue weighted by Crippen LogP contribution is -2.03. The molecule has 0 saturated heterocycles. The van der Waals surface area contributed by atoms with Crippen LogP contribution in [0.3, 0.4) is 0 Å². The Kier molecular flexibility index (Phi) is 3.25. The fraction of sp³-hybridized carbons (Fsp3) is 0.0625. The minimum Gasteiger partial charge on any atom is -0.350 e. The number of nitrogens with one attached hydrogen (secondary N) is 1. The molecule has 0 amide bonds. The third kappa shape index (κ3) is 2.57. The van der Waals surface area contributed by atoms with Crippen molar-refractivity contribution in [1.82, 2.24) is 9.97 Å². The van der Waals surface area contributed by atoms with Gasteiger partial charge in [0, 0.05) is 6.54 Å². The Morgan fingerprint density at radius 3 is 2.50 bits per heavy atom. The molecule has 3 aromatic rings. The molecule has 0 aliphatic rings. The number of nitriles is 1. The van der Waals surface area contributed by atoms with Gasteiger partial charge in [0.05, 0.1) is 18.0 Å². The Labute approximate surface area is 116 Å². The van der Waals surface area contributed by atoms with E-state index in [2.05, 4.69) is 45.6 Å². The summed E-state index contributed by atoms with van der Waals surface area (Å²) >= 11 is 0. The number of benzene rings is 2. The molecule has 1 aromatic heterocycles. The first-order chi connectivity index (χ1) is 9.85. The highest BCUT2D eigenvalue weighted by molar-refractivity contribution is 5.83. The van der Waals surface area contributed by atoms with Gasteiger partial charge in [-0.15, -0.1) is 0 Å².